The van der Waals surface area contributed by atoms with Crippen molar-refractivity contribution < 1.29 is 27.5 Å². The van der Waals surface area contributed by atoms with Crippen LogP contribution in [0.15, 0.2) is 74.8 Å². The molecule has 3 aromatic rings. The van der Waals surface area contributed by atoms with Gasteiger partial charge in [0, 0.05) is 0 Å². The van der Waals surface area contributed by atoms with Gasteiger partial charge in [-0.3, -0.25) is 9.59 Å². The van der Waals surface area contributed by atoms with E-state index in [4.69, 9.17) is 9.47 Å². The monoisotopic (exact) mass is 590 g/mol. The molecule has 0 amide bonds. The average Bonchev–Trinajstić information content (AvgIpc) is 2.90. The Hall–Kier alpha value is -3.28. The summed E-state index contributed by atoms with van der Waals surface area (Å²) in [5.74, 6) is -1.58. The molecule has 0 fully saturated rings. The lowest BCUT2D eigenvalue weighted by molar-refractivity contribution is -0.140. The maximum atomic E-state index is 13.7. The van der Waals surface area contributed by atoms with Crippen LogP contribution >= 0.6 is 15.9 Å². The zero-order valence-electron chi connectivity index (χ0n) is 20.8. The number of carbonyl (C=O) groups excluding carboxylic acids is 2. The Kier molecular flexibility index (Phi) is 9.06. The van der Waals surface area contributed by atoms with Crippen LogP contribution in [0.2, 0.25) is 0 Å². The number of hydrogen-bond donors (Lipinski definition) is 0. The number of carbonyl (C=O) groups is 2. The molecule has 3 rings (SSSR count). The molecule has 0 radical (unpaired) electrons. The van der Waals surface area contributed by atoms with Gasteiger partial charge in [-0.25, -0.2) is 13.2 Å². The first-order chi connectivity index (χ1) is 17.5. The molecule has 0 aliphatic rings. The third-order valence-electron chi connectivity index (χ3n) is 5.89. The van der Waals surface area contributed by atoms with E-state index < -0.39 is 46.7 Å². The third kappa shape index (κ3) is 6.17. The Balaban J connectivity index is 2.27. The van der Waals surface area contributed by atoms with Crippen LogP contribution < -0.4 is 5.56 Å². The summed E-state index contributed by atoms with van der Waals surface area (Å²) < 4.78 is 39.3. The molecule has 1 aromatic heterocycles. The minimum Gasteiger partial charge on any atom is -0.468 e. The summed E-state index contributed by atoms with van der Waals surface area (Å²) in [5.41, 5.74) is 1.16. The number of methoxy groups -OCH3 is 2. The van der Waals surface area contributed by atoms with E-state index in [9.17, 15) is 22.8 Å². The minimum atomic E-state index is -4.25. The van der Waals surface area contributed by atoms with Crippen LogP contribution in [0.3, 0.4) is 0 Å². The highest BCUT2D eigenvalue weighted by atomic mass is 79.9. The SMILES string of the molecule is COC(=O)CN(Cc1c(C(=O)OC)cc(Br)c(=O)n1[C@@H](C)c1ccccc1)S(=O)(=O)c1ccc(C)cc1. The number of aromatic nitrogens is 1. The molecule has 0 bridgehead atoms. The highest BCUT2D eigenvalue weighted by molar-refractivity contribution is 9.10. The Labute approximate surface area is 223 Å². The molecule has 1 heterocycles. The maximum Gasteiger partial charge on any atom is 0.339 e. The largest absolute Gasteiger partial charge is 0.468 e. The molecular weight excluding hydrogens is 564 g/mol. The van der Waals surface area contributed by atoms with Crippen molar-refractivity contribution in [3.63, 3.8) is 0 Å². The van der Waals surface area contributed by atoms with Crippen molar-refractivity contribution in [2.75, 3.05) is 20.8 Å². The van der Waals surface area contributed by atoms with Gasteiger partial charge in [0.15, 0.2) is 0 Å². The van der Waals surface area contributed by atoms with Crippen LogP contribution in [-0.4, -0.2) is 50.0 Å². The van der Waals surface area contributed by atoms with E-state index >= 15 is 0 Å². The lowest BCUT2D eigenvalue weighted by Gasteiger charge is -2.27. The number of hydrogen-bond acceptors (Lipinski definition) is 7. The summed E-state index contributed by atoms with van der Waals surface area (Å²) in [7, 11) is -1.92. The van der Waals surface area contributed by atoms with Gasteiger partial charge in [0.05, 0.1) is 47.4 Å². The molecule has 0 aliphatic carbocycles. The molecule has 0 saturated carbocycles. The molecule has 196 valence electrons. The second kappa shape index (κ2) is 11.8. The van der Waals surface area contributed by atoms with Gasteiger partial charge in [-0.1, -0.05) is 48.0 Å². The van der Waals surface area contributed by atoms with E-state index in [-0.39, 0.29) is 20.6 Å². The summed E-state index contributed by atoms with van der Waals surface area (Å²) in [4.78, 5) is 38.4. The number of ether oxygens (including phenoxy) is 2. The Morgan fingerprint density at radius 3 is 2.22 bits per heavy atom. The Bertz CT molecular complexity index is 1450. The van der Waals surface area contributed by atoms with Gasteiger partial charge in [-0.05, 0) is 53.5 Å². The molecule has 9 nitrogen and oxygen atoms in total. The van der Waals surface area contributed by atoms with Crippen LogP contribution in [0.4, 0.5) is 0 Å². The van der Waals surface area contributed by atoms with Crippen molar-refractivity contribution in [2.24, 2.45) is 0 Å². The molecule has 0 aliphatic heterocycles. The fourth-order valence-corrected chi connectivity index (χ4v) is 5.60. The van der Waals surface area contributed by atoms with E-state index in [1.165, 1.54) is 29.9 Å². The van der Waals surface area contributed by atoms with Gasteiger partial charge < -0.3 is 14.0 Å². The van der Waals surface area contributed by atoms with Gasteiger partial charge in [0.2, 0.25) is 10.0 Å². The number of benzene rings is 2. The number of sulfonamides is 1. The van der Waals surface area contributed by atoms with Crippen molar-refractivity contribution in [2.45, 2.75) is 31.3 Å². The van der Waals surface area contributed by atoms with Crippen LogP contribution in [-0.2, 0) is 30.8 Å². The highest BCUT2D eigenvalue weighted by Gasteiger charge is 2.32. The fraction of sp³-hybridized carbons (Fsp3) is 0.269. The Morgan fingerprint density at radius 1 is 1.03 bits per heavy atom. The van der Waals surface area contributed by atoms with Crippen molar-refractivity contribution in [3.8, 4) is 0 Å². The van der Waals surface area contributed by atoms with E-state index in [1.54, 1.807) is 31.2 Å². The molecule has 0 saturated heterocycles. The van der Waals surface area contributed by atoms with E-state index in [2.05, 4.69) is 15.9 Å². The minimum absolute atomic E-state index is 0.0225. The van der Waals surface area contributed by atoms with E-state index in [0.29, 0.717) is 0 Å². The van der Waals surface area contributed by atoms with Gasteiger partial charge in [-0.2, -0.15) is 4.31 Å². The van der Waals surface area contributed by atoms with Crippen molar-refractivity contribution in [1.29, 1.82) is 0 Å². The molecular formula is C26H27BrN2O7S. The zero-order chi connectivity index (χ0) is 27.3. The number of aryl methyl sites for hydroxylation is 1. The summed E-state index contributed by atoms with van der Waals surface area (Å²) in [6.07, 6.45) is 0. The van der Waals surface area contributed by atoms with Crippen molar-refractivity contribution in [3.05, 3.63) is 97.9 Å². The smallest absolute Gasteiger partial charge is 0.339 e. The van der Waals surface area contributed by atoms with Gasteiger partial charge in [0.1, 0.15) is 6.54 Å². The molecule has 37 heavy (non-hydrogen) atoms. The van der Waals surface area contributed by atoms with Gasteiger partial charge >= 0.3 is 11.9 Å². The molecule has 0 spiro atoms. The van der Waals surface area contributed by atoms with Crippen molar-refractivity contribution >= 4 is 37.9 Å². The molecule has 0 N–H and O–H groups in total. The quantitative estimate of drug-likeness (QED) is 0.349. The summed E-state index contributed by atoms with van der Waals surface area (Å²) >= 11 is 3.22. The van der Waals surface area contributed by atoms with Crippen LogP contribution in [0.25, 0.3) is 0 Å². The Morgan fingerprint density at radius 2 is 1.65 bits per heavy atom. The number of halogens is 1. The molecule has 2 aromatic carbocycles. The highest BCUT2D eigenvalue weighted by Crippen LogP contribution is 2.26. The lowest BCUT2D eigenvalue weighted by Crippen LogP contribution is -2.39. The fourth-order valence-electron chi connectivity index (χ4n) is 3.84. The first-order valence-corrected chi connectivity index (χ1v) is 13.4. The van der Waals surface area contributed by atoms with Gasteiger partial charge in [-0.15, -0.1) is 0 Å². The number of nitrogens with zero attached hydrogens (tertiary/aromatic N) is 2. The predicted octanol–water partition coefficient (Wildman–Crippen LogP) is 3.68. The van der Waals surface area contributed by atoms with Gasteiger partial charge in [0.25, 0.3) is 5.56 Å². The van der Waals surface area contributed by atoms with E-state index in [1.807, 2.05) is 25.1 Å². The summed E-state index contributed by atoms with van der Waals surface area (Å²) in [6, 6.07) is 15.9. The second-order valence-corrected chi connectivity index (χ2v) is 11.1. The van der Waals surface area contributed by atoms with E-state index in [0.717, 1.165) is 22.5 Å². The van der Waals surface area contributed by atoms with Crippen molar-refractivity contribution in [1.82, 2.24) is 8.87 Å². The first-order valence-electron chi connectivity index (χ1n) is 11.2. The van der Waals surface area contributed by atoms with Crippen LogP contribution in [0, 0.1) is 6.92 Å². The average molecular weight is 591 g/mol. The number of pyridine rings is 1. The second-order valence-electron chi connectivity index (χ2n) is 8.27. The maximum absolute atomic E-state index is 13.7. The molecule has 0 unspecified atom stereocenters. The van der Waals surface area contributed by atoms with Crippen LogP contribution in [0.5, 0.6) is 0 Å². The summed E-state index contributed by atoms with van der Waals surface area (Å²) in [5, 5.41) is 0. The summed E-state index contributed by atoms with van der Waals surface area (Å²) in [6.45, 7) is 2.45. The normalized spacial score (nSPS) is 12.3. The molecule has 11 heteroatoms. The molecule has 1 atom stereocenters. The lowest BCUT2D eigenvalue weighted by atomic mass is 10.1. The first kappa shape index (κ1) is 28.3. The predicted molar refractivity (Wildman–Crippen MR) is 141 cm³/mol. The third-order valence-corrected chi connectivity index (χ3v) is 8.26. The standard InChI is InChI=1S/C26H27BrN2O7S/c1-17-10-12-20(13-11-17)37(33,34)28(16-24(30)35-3)15-23-21(26(32)36-4)14-22(27)25(31)29(23)18(2)19-8-6-5-7-9-19/h5-14,18H,15-16H2,1-4H3/t18-/m0/s1. The number of rotatable bonds is 9. The number of esters is 2. The van der Waals surface area contributed by atoms with Crippen LogP contribution in [0.1, 0.15) is 40.1 Å². The zero-order valence-corrected chi connectivity index (χ0v) is 23.2. The topological polar surface area (TPSA) is 112 Å².